The van der Waals surface area contributed by atoms with Gasteiger partial charge in [-0.2, -0.15) is 0 Å². The number of benzene rings is 1. The summed E-state index contributed by atoms with van der Waals surface area (Å²) in [6, 6.07) is 5.66. The van der Waals surface area contributed by atoms with Crippen LogP contribution in [0, 0.1) is 6.92 Å². The monoisotopic (exact) mass is 221 g/mol. The maximum Gasteiger partial charge on any atom is 0.319 e. The van der Waals surface area contributed by atoms with E-state index < -0.39 is 0 Å². The standard InChI is InChI=1S/C12H19N3O/c1-8(2)14-12(16)15-11-6-4-5-9(3)10(11)7-13/h4-6,8H,7,13H2,1-3H3,(H2,14,15,16). The average molecular weight is 221 g/mol. The molecule has 2 amide bonds. The van der Waals surface area contributed by atoms with Crippen LogP contribution in [0.5, 0.6) is 0 Å². The molecule has 0 unspecified atom stereocenters. The fourth-order valence-electron chi connectivity index (χ4n) is 1.51. The van der Waals surface area contributed by atoms with Gasteiger partial charge in [0.2, 0.25) is 0 Å². The summed E-state index contributed by atoms with van der Waals surface area (Å²) in [4.78, 5) is 11.5. The van der Waals surface area contributed by atoms with Gasteiger partial charge in [-0.15, -0.1) is 0 Å². The highest BCUT2D eigenvalue weighted by molar-refractivity contribution is 5.90. The molecule has 0 fully saturated rings. The second-order valence-electron chi connectivity index (χ2n) is 4.06. The second-order valence-corrected chi connectivity index (χ2v) is 4.06. The van der Waals surface area contributed by atoms with E-state index in [4.69, 9.17) is 5.73 Å². The predicted molar refractivity (Wildman–Crippen MR) is 66.4 cm³/mol. The summed E-state index contributed by atoms with van der Waals surface area (Å²) in [7, 11) is 0. The Kier molecular flexibility index (Phi) is 4.31. The number of nitrogens with one attached hydrogen (secondary N) is 2. The lowest BCUT2D eigenvalue weighted by Crippen LogP contribution is -2.34. The van der Waals surface area contributed by atoms with Crippen LogP contribution in [0.1, 0.15) is 25.0 Å². The van der Waals surface area contributed by atoms with E-state index in [0.717, 1.165) is 16.8 Å². The van der Waals surface area contributed by atoms with Crippen LogP contribution in [-0.2, 0) is 6.54 Å². The first kappa shape index (κ1) is 12.5. The number of urea groups is 1. The zero-order chi connectivity index (χ0) is 12.1. The van der Waals surface area contributed by atoms with Crippen LogP contribution in [-0.4, -0.2) is 12.1 Å². The van der Waals surface area contributed by atoms with Gasteiger partial charge in [-0.25, -0.2) is 4.79 Å². The molecule has 1 aromatic rings. The molecule has 0 radical (unpaired) electrons. The predicted octanol–water partition coefficient (Wildman–Crippen LogP) is 1.98. The van der Waals surface area contributed by atoms with Gasteiger partial charge in [0.05, 0.1) is 0 Å². The molecule has 0 aromatic heterocycles. The van der Waals surface area contributed by atoms with Crippen molar-refractivity contribution < 1.29 is 4.79 Å². The first-order valence-electron chi connectivity index (χ1n) is 5.40. The van der Waals surface area contributed by atoms with E-state index in [1.54, 1.807) is 0 Å². The smallest absolute Gasteiger partial charge is 0.319 e. The van der Waals surface area contributed by atoms with Gasteiger partial charge in [-0.1, -0.05) is 12.1 Å². The number of rotatable bonds is 3. The van der Waals surface area contributed by atoms with Gasteiger partial charge < -0.3 is 16.4 Å². The minimum absolute atomic E-state index is 0.117. The van der Waals surface area contributed by atoms with Crippen LogP contribution in [0.15, 0.2) is 18.2 Å². The number of carbonyl (C=O) groups is 1. The maximum absolute atomic E-state index is 11.5. The van der Waals surface area contributed by atoms with Gasteiger partial charge in [-0.3, -0.25) is 0 Å². The maximum atomic E-state index is 11.5. The zero-order valence-corrected chi connectivity index (χ0v) is 10.0. The molecule has 0 spiro atoms. The molecule has 0 heterocycles. The summed E-state index contributed by atoms with van der Waals surface area (Å²) in [6.45, 7) is 6.23. The van der Waals surface area contributed by atoms with E-state index in [1.165, 1.54) is 0 Å². The fourth-order valence-corrected chi connectivity index (χ4v) is 1.51. The zero-order valence-electron chi connectivity index (χ0n) is 10.0. The van der Waals surface area contributed by atoms with Crippen LogP contribution >= 0.6 is 0 Å². The summed E-state index contributed by atoms with van der Waals surface area (Å²) < 4.78 is 0. The summed E-state index contributed by atoms with van der Waals surface area (Å²) in [5, 5.41) is 5.57. The van der Waals surface area contributed by atoms with Gasteiger partial charge in [0.25, 0.3) is 0 Å². The van der Waals surface area contributed by atoms with Crippen molar-refractivity contribution in [1.82, 2.24) is 5.32 Å². The number of anilines is 1. The first-order chi connectivity index (χ1) is 7.54. The van der Waals surface area contributed by atoms with E-state index in [-0.39, 0.29) is 12.1 Å². The summed E-state index contributed by atoms with van der Waals surface area (Å²) in [5.41, 5.74) is 8.50. The first-order valence-corrected chi connectivity index (χ1v) is 5.40. The van der Waals surface area contributed by atoms with Crippen molar-refractivity contribution in [2.75, 3.05) is 5.32 Å². The minimum atomic E-state index is -0.199. The number of hydrogen-bond acceptors (Lipinski definition) is 2. The molecule has 0 aliphatic rings. The molecule has 4 heteroatoms. The molecule has 16 heavy (non-hydrogen) atoms. The number of amides is 2. The highest BCUT2D eigenvalue weighted by Crippen LogP contribution is 2.18. The highest BCUT2D eigenvalue weighted by atomic mass is 16.2. The average Bonchev–Trinajstić information content (AvgIpc) is 2.16. The van der Waals surface area contributed by atoms with E-state index in [2.05, 4.69) is 10.6 Å². The van der Waals surface area contributed by atoms with Gasteiger partial charge in [-0.05, 0) is 38.0 Å². The van der Waals surface area contributed by atoms with Crippen LogP contribution < -0.4 is 16.4 Å². The Morgan fingerprint density at radius 2 is 2.12 bits per heavy atom. The molecule has 0 saturated heterocycles. The van der Waals surface area contributed by atoms with Crippen LogP contribution in [0.3, 0.4) is 0 Å². The quantitative estimate of drug-likeness (QED) is 0.730. The van der Waals surface area contributed by atoms with E-state index >= 15 is 0 Å². The molecule has 4 N–H and O–H groups in total. The molecular formula is C12H19N3O. The highest BCUT2D eigenvalue weighted by Gasteiger charge is 2.07. The van der Waals surface area contributed by atoms with E-state index in [1.807, 2.05) is 39.0 Å². The Morgan fingerprint density at radius 1 is 1.44 bits per heavy atom. The SMILES string of the molecule is Cc1cccc(NC(=O)NC(C)C)c1CN. The van der Waals surface area contributed by atoms with Crippen molar-refractivity contribution in [2.45, 2.75) is 33.4 Å². The molecule has 0 saturated carbocycles. The molecule has 1 rings (SSSR count). The summed E-state index contributed by atoms with van der Waals surface area (Å²) >= 11 is 0. The van der Waals surface area contributed by atoms with Crippen LogP contribution in [0.4, 0.5) is 10.5 Å². The van der Waals surface area contributed by atoms with Crippen molar-refractivity contribution in [2.24, 2.45) is 5.73 Å². The summed E-state index contributed by atoms with van der Waals surface area (Å²) in [5.74, 6) is 0. The van der Waals surface area contributed by atoms with Crippen LogP contribution in [0.25, 0.3) is 0 Å². The fraction of sp³-hybridized carbons (Fsp3) is 0.417. The van der Waals surface area contributed by atoms with E-state index in [9.17, 15) is 4.79 Å². The van der Waals surface area contributed by atoms with E-state index in [0.29, 0.717) is 6.54 Å². The Hall–Kier alpha value is -1.55. The van der Waals surface area contributed by atoms with Crippen molar-refractivity contribution in [3.05, 3.63) is 29.3 Å². The van der Waals surface area contributed by atoms with Crippen molar-refractivity contribution >= 4 is 11.7 Å². The summed E-state index contributed by atoms with van der Waals surface area (Å²) in [6.07, 6.45) is 0. The third-order valence-corrected chi connectivity index (χ3v) is 2.28. The molecule has 0 atom stereocenters. The topological polar surface area (TPSA) is 67.2 Å². The molecular weight excluding hydrogens is 202 g/mol. The third kappa shape index (κ3) is 3.24. The second kappa shape index (κ2) is 5.51. The molecule has 0 aliphatic heterocycles. The third-order valence-electron chi connectivity index (χ3n) is 2.28. The Balaban J connectivity index is 2.81. The van der Waals surface area contributed by atoms with Crippen LogP contribution in [0.2, 0.25) is 0 Å². The molecule has 88 valence electrons. The lowest BCUT2D eigenvalue weighted by Gasteiger charge is -2.14. The molecule has 0 bridgehead atoms. The number of aryl methyl sites for hydroxylation is 1. The Labute approximate surface area is 96.2 Å². The number of carbonyl (C=O) groups excluding carboxylic acids is 1. The number of nitrogens with two attached hydrogens (primary N) is 1. The van der Waals surface area contributed by atoms with Crippen molar-refractivity contribution in [3.8, 4) is 0 Å². The van der Waals surface area contributed by atoms with Gasteiger partial charge in [0, 0.05) is 18.3 Å². The largest absolute Gasteiger partial charge is 0.336 e. The van der Waals surface area contributed by atoms with Crippen molar-refractivity contribution in [1.29, 1.82) is 0 Å². The lowest BCUT2D eigenvalue weighted by atomic mass is 10.1. The van der Waals surface area contributed by atoms with Crippen molar-refractivity contribution in [3.63, 3.8) is 0 Å². The molecule has 1 aromatic carbocycles. The minimum Gasteiger partial charge on any atom is -0.336 e. The molecule has 4 nitrogen and oxygen atoms in total. The number of hydrogen-bond donors (Lipinski definition) is 3. The van der Waals surface area contributed by atoms with Gasteiger partial charge in [0.15, 0.2) is 0 Å². The Morgan fingerprint density at radius 3 is 2.69 bits per heavy atom. The molecule has 0 aliphatic carbocycles. The lowest BCUT2D eigenvalue weighted by molar-refractivity contribution is 0.250. The normalized spacial score (nSPS) is 10.3. The van der Waals surface area contributed by atoms with Gasteiger partial charge >= 0.3 is 6.03 Å². The van der Waals surface area contributed by atoms with Gasteiger partial charge in [0.1, 0.15) is 0 Å². The Bertz CT molecular complexity index is 375.